The summed E-state index contributed by atoms with van der Waals surface area (Å²) in [7, 11) is -3.64. The third-order valence-corrected chi connectivity index (χ3v) is 5.28. The second-order valence-electron chi connectivity index (χ2n) is 5.47. The van der Waals surface area contributed by atoms with Gasteiger partial charge in [0, 0.05) is 10.7 Å². The molecule has 0 heterocycles. The summed E-state index contributed by atoms with van der Waals surface area (Å²) in [5.41, 5.74) is 2.89. The molecule has 2 N–H and O–H groups in total. The molecule has 0 atom stereocenters. The van der Waals surface area contributed by atoms with Gasteiger partial charge in [-0.15, -0.1) is 0 Å². The van der Waals surface area contributed by atoms with Crippen molar-refractivity contribution >= 4 is 33.2 Å². The molecule has 0 unspecified atom stereocenters. The van der Waals surface area contributed by atoms with Crippen LogP contribution in [0.15, 0.2) is 42.5 Å². The Bertz CT molecular complexity index is 851. The van der Waals surface area contributed by atoms with Gasteiger partial charge < -0.3 is 5.32 Å². The van der Waals surface area contributed by atoms with Gasteiger partial charge in [0.15, 0.2) is 0 Å². The Labute approximate surface area is 147 Å². The van der Waals surface area contributed by atoms with Gasteiger partial charge in [-0.25, -0.2) is 13.1 Å². The molecule has 7 heteroatoms. The topological polar surface area (TPSA) is 75.3 Å². The lowest BCUT2D eigenvalue weighted by Gasteiger charge is -2.11. The average molecular weight is 367 g/mol. The lowest BCUT2D eigenvalue weighted by atomic mass is 10.1. The van der Waals surface area contributed by atoms with Crippen LogP contribution < -0.4 is 10.0 Å². The number of nitrogens with one attached hydrogen (secondary N) is 2. The number of benzene rings is 2. The lowest BCUT2D eigenvalue weighted by molar-refractivity contribution is -0.115. The molecule has 0 bridgehead atoms. The van der Waals surface area contributed by atoms with Crippen molar-refractivity contribution in [1.29, 1.82) is 0 Å². The summed E-state index contributed by atoms with van der Waals surface area (Å²) >= 11 is 6.00. The maximum absolute atomic E-state index is 12.2. The third-order valence-electron chi connectivity index (χ3n) is 3.60. The normalized spacial score (nSPS) is 11.3. The van der Waals surface area contributed by atoms with Crippen molar-refractivity contribution in [1.82, 2.24) is 4.72 Å². The highest BCUT2D eigenvalue weighted by atomic mass is 35.5. The molecular weight excluding hydrogens is 348 g/mol. The molecule has 128 valence electrons. The molecule has 0 spiro atoms. The number of para-hydroxylation sites is 1. The summed E-state index contributed by atoms with van der Waals surface area (Å²) in [5.74, 6) is -0.646. The minimum Gasteiger partial charge on any atom is -0.325 e. The van der Waals surface area contributed by atoms with E-state index in [1.54, 1.807) is 37.3 Å². The molecule has 0 aliphatic rings. The number of hydrogen-bond donors (Lipinski definition) is 2. The number of carbonyl (C=O) groups excluding carboxylic acids is 1. The maximum Gasteiger partial charge on any atom is 0.239 e. The monoisotopic (exact) mass is 366 g/mol. The van der Waals surface area contributed by atoms with Gasteiger partial charge in [0.1, 0.15) is 0 Å². The molecular formula is C17H19ClN2O3S. The maximum atomic E-state index is 12.2. The number of rotatable bonds is 6. The first-order valence-corrected chi connectivity index (χ1v) is 9.38. The summed E-state index contributed by atoms with van der Waals surface area (Å²) in [5, 5.41) is 3.19. The van der Waals surface area contributed by atoms with Crippen molar-refractivity contribution in [2.75, 3.05) is 11.9 Å². The SMILES string of the molecule is Cc1ccccc1NC(=O)CNS(=O)(=O)Cc1cccc(Cl)c1C. The standard InChI is InChI=1S/C17H19ClN2O3S/c1-12-6-3-4-9-16(12)20-17(21)10-19-24(22,23)11-14-7-5-8-15(18)13(14)2/h3-9,19H,10-11H2,1-2H3,(H,20,21). The van der Waals surface area contributed by atoms with Gasteiger partial charge in [-0.1, -0.05) is 41.9 Å². The summed E-state index contributed by atoms with van der Waals surface area (Å²) in [6.45, 7) is 3.30. The van der Waals surface area contributed by atoms with E-state index in [0.29, 0.717) is 21.8 Å². The Hall–Kier alpha value is -1.89. The summed E-state index contributed by atoms with van der Waals surface area (Å²) in [4.78, 5) is 11.9. The van der Waals surface area contributed by atoms with E-state index in [9.17, 15) is 13.2 Å². The first-order chi connectivity index (χ1) is 11.3. The quantitative estimate of drug-likeness (QED) is 0.825. The molecule has 24 heavy (non-hydrogen) atoms. The van der Waals surface area contributed by atoms with Crippen molar-refractivity contribution in [2.45, 2.75) is 19.6 Å². The van der Waals surface area contributed by atoms with E-state index in [1.807, 2.05) is 19.1 Å². The molecule has 0 aromatic heterocycles. The van der Waals surface area contributed by atoms with Crippen LogP contribution in [-0.4, -0.2) is 20.9 Å². The second-order valence-corrected chi connectivity index (χ2v) is 7.68. The minimum absolute atomic E-state index is 0.225. The zero-order valence-electron chi connectivity index (χ0n) is 13.5. The smallest absolute Gasteiger partial charge is 0.239 e. The number of anilines is 1. The van der Waals surface area contributed by atoms with Gasteiger partial charge in [0.2, 0.25) is 15.9 Å². The first kappa shape index (κ1) is 18.4. The zero-order valence-corrected chi connectivity index (χ0v) is 15.0. The predicted molar refractivity (Wildman–Crippen MR) is 96.6 cm³/mol. The number of halogens is 1. The van der Waals surface area contributed by atoms with Crippen molar-refractivity contribution < 1.29 is 13.2 Å². The van der Waals surface area contributed by atoms with Crippen LogP contribution in [0.25, 0.3) is 0 Å². The van der Waals surface area contributed by atoms with Crippen LogP contribution in [0.5, 0.6) is 0 Å². The highest BCUT2D eigenvalue weighted by molar-refractivity contribution is 7.88. The molecule has 2 aromatic carbocycles. The fourth-order valence-electron chi connectivity index (χ4n) is 2.15. The second kappa shape index (κ2) is 7.79. The van der Waals surface area contributed by atoms with Crippen LogP contribution in [0.2, 0.25) is 5.02 Å². The number of aryl methyl sites for hydroxylation is 1. The molecule has 5 nitrogen and oxygen atoms in total. The Kier molecular flexibility index (Phi) is 5.99. The van der Waals surface area contributed by atoms with Gasteiger partial charge in [0.05, 0.1) is 12.3 Å². The Balaban J connectivity index is 1.96. The largest absolute Gasteiger partial charge is 0.325 e. The molecule has 0 fully saturated rings. The van der Waals surface area contributed by atoms with Gasteiger partial charge in [-0.05, 0) is 42.7 Å². The van der Waals surface area contributed by atoms with Gasteiger partial charge >= 0.3 is 0 Å². The van der Waals surface area contributed by atoms with Crippen LogP contribution in [0.1, 0.15) is 16.7 Å². The molecule has 1 amide bonds. The van der Waals surface area contributed by atoms with E-state index < -0.39 is 15.9 Å². The zero-order chi connectivity index (χ0) is 17.7. The van der Waals surface area contributed by atoms with Crippen LogP contribution in [0.3, 0.4) is 0 Å². The highest BCUT2D eigenvalue weighted by Crippen LogP contribution is 2.20. The number of carbonyl (C=O) groups is 1. The Morgan fingerprint density at radius 1 is 1.08 bits per heavy atom. The van der Waals surface area contributed by atoms with Crippen molar-refractivity contribution in [3.63, 3.8) is 0 Å². The third kappa shape index (κ3) is 5.06. The number of amides is 1. The molecule has 0 radical (unpaired) electrons. The Morgan fingerprint density at radius 2 is 1.79 bits per heavy atom. The molecule has 0 aliphatic heterocycles. The van der Waals surface area contributed by atoms with Crippen molar-refractivity contribution in [2.24, 2.45) is 0 Å². The molecule has 0 saturated heterocycles. The van der Waals surface area contributed by atoms with Crippen LogP contribution in [-0.2, 0) is 20.6 Å². The van der Waals surface area contributed by atoms with E-state index >= 15 is 0 Å². The van der Waals surface area contributed by atoms with Crippen LogP contribution in [0.4, 0.5) is 5.69 Å². The predicted octanol–water partition coefficient (Wildman–Crippen LogP) is 3.01. The van der Waals surface area contributed by atoms with Gasteiger partial charge in [-0.2, -0.15) is 0 Å². The van der Waals surface area contributed by atoms with E-state index in [1.165, 1.54) is 0 Å². The lowest BCUT2D eigenvalue weighted by Crippen LogP contribution is -2.33. The Morgan fingerprint density at radius 3 is 2.50 bits per heavy atom. The number of hydrogen-bond acceptors (Lipinski definition) is 3. The highest BCUT2D eigenvalue weighted by Gasteiger charge is 2.16. The van der Waals surface area contributed by atoms with E-state index in [4.69, 9.17) is 11.6 Å². The van der Waals surface area contributed by atoms with E-state index in [2.05, 4.69) is 10.0 Å². The molecule has 0 aliphatic carbocycles. The summed E-state index contributed by atoms with van der Waals surface area (Å²) in [6.07, 6.45) is 0. The summed E-state index contributed by atoms with van der Waals surface area (Å²) in [6, 6.07) is 12.4. The van der Waals surface area contributed by atoms with Crippen LogP contribution >= 0.6 is 11.6 Å². The minimum atomic E-state index is -3.64. The van der Waals surface area contributed by atoms with E-state index in [0.717, 1.165) is 5.56 Å². The molecule has 2 rings (SSSR count). The number of sulfonamides is 1. The molecule has 2 aromatic rings. The van der Waals surface area contributed by atoms with Gasteiger partial charge in [0.25, 0.3) is 0 Å². The van der Waals surface area contributed by atoms with Gasteiger partial charge in [-0.3, -0.25) is 4.79 Å². The van der Waals surface area contributed by atoms with Crippen molar-refractivity contribution in [3.8, 4) is 0 Å². The summed E-state index contributed by atoms with van der Waals surface area (Å²) < 4.78 is 26.6. The fourth-order valence-corrected chi connectivity index (χ4v) is 3.52. The average Bonchev–Trinajstić information content (AvgIpc) is 2.52. The van der Waals surface area contributed by atoms with Crippen molar-refractivity contribution in [3.05, 3.63) is 64.2 Å². The first-order valence-electron chi connectivity index (χ1n) is 7.35. The van der Waals surface area contributed by atoms with E-state index in [-0.39, 0.29) is 12.3 Å². The van der Waals surface area contributed by atoms with Crippen LogP contribution in [0, 0.1) is 13.8 Å². The molecule has 0 saturated carbocycles. The fraction of sp³-hybridized carbons (Fsp3) is 0.235.